The van der Waals surface area contributed by atoms with E-state index in [0.29, 0.717) is 12.1 Å². The van der Waals surface area contributed by atoms with E-state index in [1.165, 1.54) is 0 Å². The molecule has 1 fully saturated rings. The highest BCUT2D eigenvalue weighted by molar-refractivity contribution is 5.57. The maximum absolute atomic E-state index is 5.80. The number of hydrogen-bond acceptors (Lipinski definition) is 5. The molecule has 0 bridgehead atoms. The number of aromatic nitrogens is 2. The van der Waals surface area contributed by atoms with Crippen molar-refractivity contribution in [3.8, 4) is 0 Å². The van der Waals surface area contributed by atoms with Gasteiger partial charge < -0.3 is 15.4 Å². The number of rotatable bonds is 6. The fraction of sp³-hybridized carbons (Fsp3) is 0.750. The molecular weight excluding hydrogens is 264 g/mol. The summed E-state index contributed by atoms with van der Waals surface area (Å²) in [5, 5.41) is 6.76. The Kier molecular flexibility index (Phi) is 4.71. The van der Waals surface area contributed by atoms with Crippen LogP contribution in [0.15, 0.2) is 0 Å². The van der Waals surface area contributed by atoms with Gasteiger partial charge in [0.1, 0.15) is 17.5 Å². The Balaban J connectivity index is 2.17. The molecule has 0 amide bonds. The van der Waals surface area contributed by atoms with Gasteiger partial charge in [-0.05, 0) is 20.3 Å². The van der Waals surface area contributed by atoms with Gasteiger partial charge in [-0.3, -0.25) is 0 Å². The Morgan fingerprint density at radius 1 is 1.24 bits per heavy atom. The fourth-order valence-corrected chi connectivity index (χ4v) is 2.88. The fourth-order valence-electron chi connectivity index (χ4n) is 2.88. The molecule has 0 saturated heterocycles. The number of ether oxygens (including phenoxy) is 1. The molecule has 2 rings (SSSR count). The van der Waals surface area contributed by atoms with Crippen LogP contribution in [-0.4, -0.2) is 35.8 Å². The van der Waals surface area contributed by atoms with Crippen molar-refractivity contribution in [3.05, 3.63) is 11.4 Å². The third kappa shape index (κ3) is 2.98. The predicted molar refractivity (Wildman–Crippen MR) is 86.9 cm³/mol. The zero-order chi connectivity index (χ0) is 15.6. The monoisotopic (exact) mass is 292 g/mol. The first kappa shape index (κ1) is 16.0. The van der Waals surface area contributed by atoms with E-state index >= 15 is 0 Å². The highest BCUT2D eigenvalue weighted by atomic mass is 16.5. The zero-order valence-corrected chi connectivity index (χ0v) is 14.1. The van der Waals surface area contributed by atoms with Gasteiger partial charge in [-0.1, -0.05) is 20.8 Å². The van der Waals surface area contributed by atoms with E-state index in [-0.39, 0.29) is 5.41 Å². The second-order valence-electron chi connectivity index (χ2n) is 6.26. The van der Waals surface area contributed by atoms with Gasteiger partial charge in [0.05, 0.1) is 6.10 Å². The first-order valence-corrected chi connectivity index (χ1v) is 7.87. The smallest absolute Gasteiger partial charge is 0.135 e. The van der Waals surface area contributed by atoms with Gasteiger partial charge in [-0.15, -0.1) is 0 Å². The molecule has 0 spiro atoms. The number of anilines is 2. The minimum Gasteiger partial charge on any atom is -0.378 e. The van der Waals surface area contributed by atoms with Crippen molar-refractivity contribution in [3.63, 3.8) is 0 Å². The van der Waals surface area contributed by atoms with Crippen LogP contribution < -0.4 is 10.6 Å². The van der Waals surface area contributed by atoms with Crippen LogP contribution in [0.5, 0.6) is 0 Å². The molecule has 1 saturated carbocycles. The minimum absolute atomic E-state index is 0.125. The lowest BCUT2D eigenvalue weighted by atomic mass is 9.64. The third-order valence-corrected chi connectivity index (χ3v) is 4.60. The van der Waals surface area contributed by atoms with Crippen molar-refractivity contribution in [2.45, 2.75) is 59.6 Å². The first-order chi connectivity index (χ1) is 9.93. The van der Waals surface area contributed by atoms with Gasteiger partial charge in [0.25, 0.3) is 0 Å². The summed E-state index contributed by atoms with van der Waals surface area (Å²) >= 11 is 0. The number of hydrogen-bond donors (Lipinski definition) is 2. The maximum atomic E-state index is 5.80. The van der Waals surface area contributed by atoms with Crippen LogP contribution in [0.3, 0.4) is 0 Å². The second-order valence-corrected chi connectivity index (χ2v) is 6.26. The summed E-state index contributed by atoms with van der Waals surface area (Å²) in [5.41, 5.74) is 1.20. The first-order valence-electron chi connectivity index (χ1n) is 7.87. The lowest BCUT2D eigenvalue weighted by Crippen LogP contribution is -2.58. The van der Waals surface area contributed by atoms with Crippen molar-refractivity contribution >= 4 is 11.6 Å². The molecule has 21 heavy (non-hydrogen) atoms. The summed E-state index contributed by atoms with van der Waals surface area (Å²) in [7, 11) is 1.90. The van der Waals surface area contributed by atoms with Crippen LogP contribution >= 0.6 is 0 Å². The Morgan fingerprint density at radius 2 is 1.90 bits per heavy atom. The van der Waals surface area contributed by atoms with Crippen LogP contribution in [0, 0.1) is 12.3 Å². The molecule has 0 aromatic carbocycles. The quantitative estimate of drug-likeness (QED) is 0.844. The normalized spacial score (nSPS) is 23.5. The standard InChI is InChI=1S/C16H28N4O/c1-7-13-19-14(17-6)10(3)15(20-13)18-11-9-12(21-8-2)16(11,4)5/h11-12H,7-9H2,1-6H3,(H2,17,18,19,20). The molecule has 0 radical (unpaired) electrons. The van der Waals surface area contributed by atoms with Crippen molar-refractivity contribution in [1.29, 1.82) is 0 Å². The summed E-state index contributed by atoms with van der Waals surface area (Å²) in [5.74, 6) is 2.72. The summed E-state index contributed by atoms with van der Waals surface area (Å²) in [6.45, 7) is 11.5. The van der Waals surface area contributed by atoms with Crippen LogP contribution in [0.25, 0.3) is 0 Å². The molecule has 1 aliphatic rings. The number of nitrogens with zero attached hydrogens (tertiary/aromatic N) is 2. The second kappa shape index (κ2) is 6.18. The van der Waals surface area contributed by atoms with Crippen molar-refractivity contribution < 1.29 is 4.74 Å². The van der Waals surface area contributed by atoms with Gasteiger partial charge >= 0.3 is 0 Å². The van der Waals surface area contributed by atoms with E-state index in [4.69, 9.17) is 4.74 Å². The summed E-state index contributed by atoms with van der Waals surface area (Å²) in [6.07, 6.45) is 2.19. The largest absolute Gasteiger partial charge is 0.378 e. The Labute approximate surface area is 127 Å². The lowest BCUT2D eigenvalue weighted by molar-refractivity contribution is -0.0976. The molecule has 2 N–H and O–H groups in total. The van der Waals surface area contributed by atoms with Gasteiger partial charge in [-0.2, -0.15) is 0 Å². The molecule has 2 atom stereocenters. The topological polar surface area (TPSA) is 59.1 Å². The summed E-state index contributed by atoms with van der Waals surface area (Å²) in [4.78, 5) is 9.17. The lowest BCUT2D eigenvalue weighted by Gasteiger charge is -2.52. The molecule has 0 aliphatic heterocycles. The van der Waals surface area contributed by atoms with Crippen molar-refractivity contribution in [2.24, 2.45) is 5.41 Å². The highest BCUT2D eigenvalue weighted by Gasteiger charge is 2.49. The van der Waals surface area contributed by atoms with Crippen molar-refractivity contribution in [2.75, 3.05) is 24.3 Å². The van der Waals surface area contributed by atoms with Gasteiger partial charge in [0.2, 0.25) is 0 Å². The van der Waals surface area contributed by atoms with E-state index in [1.54, 1.807) is 0 Å². The molecule has 1 aromatic heterocycles. The van der Waals surface area contributed by atoms with E-state index in [0.717, 1.165) is 42.5 Å². The van der Waals surface area contributed by atoms with Gasteiger partial charge in [0, 0.05) is 37.1 Å². The molecule has 2 unspecified atom stereocenters. The maximum Gasteiger partial charge on any atom is 0.135 e. The molecule has 1 aliphatic carbocycles. The molecule has 1 heterocycles. The SMILES string of the molecule is CCOC1CC(Nc2nc(CC)nc(NC)c2C)C1(C)C. The molecule has 5 heteroatoms. The van der Waals surface area contributed by atoms with E-state index in [1.807, 2.05) is 7.05 Å². The average molecular weight is 292 g/mol. The Bertz CT molecular complexity index is 501. The van der Waals surface area contributed by atoms with E-state index in [2.05, 4.69) is 55.2 Å². The zero-order valence-electron chi connectivity index (χ0n) is 14.1. The molecule has 1 aromatic rings. The predicted octanol–water partition coefficient (Wildman–Crippen LogP) is 3.00. The van der Waals surface area contributed by atoms with Gasteiger partial charge in [0.15, 0.2) is 0 Å². The van der Waals surface area contributed by atoms with Crippen LogP contribution in [0.2, 0.25) is 0 Å². The molecule has 118 valence electrons. The Morgan fingerprint density at radius 3 is 2.43 bits per heavy atom. The number of aryl methyl sites for hydroxylation is 1. The van der Waals surface area contributed by atoms with Crippen molar-refractivity contribution in [1.82, 2.24) is 9.97 Å². The highest BCUT2D eigenvalue weighted by Crippen LogP contribution is 2.44. The number of nitrogens with one attached hydrogen (secondary N) is 2. The third-order valence-electron chi connectivity index (χ3n) is 4.60. The van der Waals surface area contributed by atoms with Gasteiger partial charge in [-0.25, -0.2) is 9.97 Å². The van der Waals surface area contributed by atoms with E-state index in [9.17, 15) is 0 Å². The average Bonchev–Trinajstić information content (AvgIpc) is 2.47. The molecule has 5 nitrogen and oxygen atoms in total. The van der Waals surface area contributed by atoms with E-state index < -0.39 is 0 Å². The van der Waals surface area contributed by atoms with Crippen LogP contribution in [0.1, 0.15) is 45.5 Å². The van der Waals surface area contributed by atoms with Crippen LogP contribution in [0.4, 0.5) is 11.6 Å². The minimum atomic E-state index is 0.125. The summed E-state index contributed by atoms with van der Waals surface area (Å²) in [6, 6.07) is 0.386. The Hall–Kier alpha value is -1.36. The molecular formula is C16H28N4O. The summed E-state index contributed by atoms with van der Waals surface area (Å²) < 4.78 is 5.80. The van der Waals surface area contributed by atoms with Crippen LogP contribution in [-0.2, 0) is 11.2 Å².